The molecule has 2 aromatic rings. The first kappa shape index (κ1) is 13.6. The Bertz CT molecular complexity index is 499. The van der Waals surface area contributed by atoms with Crippen LogP contribution in [0.1, 0.15) is 11.3 Å². The second-order valence-corrected chi connectivity index (χ2v) is 4.53. The highest BCUT2D eigenvalue weighted by molar-refractivity contribution is 5.34. The Kier molecular flexibility index (Phi) is 4.93. The molecule has 0 radical (unpaired) electrons. The number of pyridine rings is 1. The van der Waals surface area contributed by atoms with Gasteiger partial charge in [0.2, 0.25) is 0 Å². The van der Waals surface area contributed by atoms with Crippen LogP contribution in [-0.4, -0.2) is 25.2 Å². The largest absolute Gasteiger partial charge is 0.496 e. The molecule has 0 spiro atoms. The number of nitrogens with one attached hydrogen (secondary N) is 1. The van der Waals surface area contributed by atoms with E-state index in [2.05, 4.69) is 22.4 Å². The van der Waals surface area contributed by atoms with Crippen LogP contribution in [-0.2, 0) is 12.8 Å². The molecule has 0 aliphatic heterocycles. The highest BCUT2D eigenvalue weighted by atomic mass is 16.5. The number of methoxy groups -OCH3 is 1. The van der Waals surface area contributed by atoms with E-state index in [1.54, 1.807) is 7.11 Å². The van der Waals surface area contributed by atoms with Crippen LogP contribution in [0, 0.1) is 0 Å². The minimum absolute atomic E-state index is 0.353. The summed E-state index contributed by atoms with van der Waals surface area (Å²) in [6.45, 7) is 0. The van der Waals surface area contributed by atoms with Crippen molar-refractivity contribution < 1.29 is 4.74 Å². The van der Waals surface area contributed by atoms with Crippen molar-refractivity contribution in [2.24, 2.45) is 0 Å². The molecule has 2 rings (SSSR count). The lowest BCUT2D eigenvalue weighted by molar-refractivity contribution is 0.405. The summed E-state index contributed by atoms with van der Waals surface area (Å²) in [4.78, 5) is 4.38. The lowest BCUT2D eigenvalue weighted by atomic mass is 10.0. The van der Waals surface area contributed by atoms with Crippen molar-refractivity contribution in [3.8, 4) is 5.75 Å². The van der Waals surface area contributed by atoms with Crippen molar-refractivity contribution in [1.29, 1.82) is 0 Å². The fourth-order valence-corrected chi connectivity index (χ4v) is 2.18. The number of benzene rings is 1. The molecule has 0 saturated heterocycles. The zero-order chi connectivity index (χ0) is 13.5. The molecule has 0 bridgehead atoms. The van der Waals surface area contributed by atoms with E-state index in [1.807, 2.05) is 43.6 Å². The maximum Gasteiger partial charge on any atom is 0.122 e. The number of para-hydroxylation sites is 1. The normalized spacial score (nSPS) is 12.1. The summed E-state index contributed by atoms with van der Waals surface area (Å²) in [6, 6.07) is 14.5. The summed E-state index contributed by atoms with van der Waals surface area (Å²) < 4.78 is 5.40. The van der Waals surface area contributed by atoms with Gasteiger partial charge in [0.1, 0.15) is 5.75 Å². The molecule has 0 aliphatic rings. The van der Waals surface area contributed by atoms with Gasteiger partial charge in [0, 0.05) is 24.4 Å². The summed E-state index contributed by atoms with van der Waals surface area (Å²) in [7, 11) is 3.70. The van der Waals surface area contributed by atoms with Gasteiger partial charge in [0.05, 0.1) is 7.11 Å². The minimum Gasteiger partial charge on any atom is -0.496 e. The first-order chi connectivity index (χ1) is 9.33. The first-order valence-corrected chi connectivity index (χ1v) is 6.52. The fraction of sp³-hybridized carbons (Fsp3) is 0.312. The molecular weight excluding hydrogens is 236 g/mol. The van der Waals surface area contributed by atoms with Crippen molar-refractivity contribution in [3.63, 3.8) is 0 Å². The highest BCUT2D eigenvalue weighted by Crippen LogP contribution is 2.19. The van der Waals surface area contributed by atoms with Crippen LogP contribution in [0.3, 0.4) is 0 Å². The maximum absolute atomic E-state index is 5.40. The van der Waals surface area contributed by atoms with Crippen LogP contribution >= 0.6 is 0 Å². The Morgan fingerprint density at radius 1 is 1.11 bits per heavy atom. The molecule has 0 saturated carbocycles. The highest BCUT2D eigenvalue weighted by Gasteiger charge is 2.11. The van der Waals surface area contributed by atoms with E-state index in [0.29, 0.717) is 6.04 Å². The Hall–Kier alpha value is -1.87. The average Bonchev–Trinajstić information content (AvgIpc) is 2.48. The van der Waals surface area contributed by atoms with Crippen molar-refractivity contribution in [2.45, 2.75) is 18.9 Å². The Labute approximate surface area is 114 Å². The van der Waals surface area contributed by atoms with Gasteiger partial charge >= 0.3 is 0 Å². The first-order valence-electron chi connectivity index (χ1n) is 6.52. The topological polar surface area (TPSA) is 34.2 Å². The van der Waals surface area contributed by atoms with Gasteiger partial charge in [0.25, 0.3) is 0 Å². The average molecular weight is 256 g/mol. The summed E-state index contributed by atoms with van der Waals surface area (Å²) in [5, 5.41) is 3.35. The second kappa shape index (κ2) is 6.90. The number of nitrogens with zero attached hydrogens (tertiary/aromatic N) is 1. The van der Waals surface area contributed by atoms with Gasteiger partial charge in [-0.25, -0.2) is 0 Å². The molecule has 1 aromatic heterocycles. The number of hydrogen-bond acceptors (Lipinski definition) is 3. The Morgan fingerprint density at radius 3 is 2.58 bits per heavy atom. The lowest BCUT2D eigenvalue weighted by Gasteiger charge is -2.17. The van der Waals surface area contributed by atoms with Crippen molar-refractivity contribution in [1.82, 2.24) is 10.3 Å². The number of rotatable bonds is 6. The molecule has 100 valence electrons. The summed E-state index contributed by atoms with van der Waals surface area (Å²) >= 11 is 0. The molecule has 0 amide bonds. The number of ether oxygens (including phenoxy) is 1. The molecule has 0 aliphatic carbocycles. The van der Waals surface area contributed by atoms with Gasteiger partial charge in [-0.05, 0) is 37.2 Å². The number of aromatic nitrogens is 1. The van der Waals surface area contributed by atoms with Crippen LogP contribution in [0.25, 0.3) is 0 Å². The third-order valence-electron chi connectivity index (χ3n) is 3.25. The lowest BCUT2D eigenvalue weighted by Crippen LogP contribution is -2.30. The quantitative estimate of drug-likeness (QED) is 0.862. The number of hydrogen-bond donors (Lipinski definition) is 1. The summed E-state index contributed by atoms with van der Waals surface area (Å²) in [5.74, 6) is 0.948. The molecule has 3 heteroatoms. The molecule has 19 heavy (non-hydrogen) atoms. The van der Waals surface area contributed by atoms with Crippen LogP contribution < -0.4 is 10.1 Å². The van der Waals surface area contributed by atoms with Crippen molar-refractivity contribution in [3.05, 3.63) is 59.9 Å². The van der Waals surface area contributed by atoms with E-state index in [1.165, 1.54) is 5.56 Å². The van der Waals surface area contributed by atoms with E-state index >= 15 is 0 Å². The van der Waals surface area contributed by atoms with Crippen molar-refractivity contribution in [2.75, 3.05) is 14.2 Å². The van der Waals surface area contributed by atoms with Crippen LogP contribution in [0.2, 0.25) is 0 Å². The van der Waals surface area contributed by atoms with E-state index < -0.39 is 0 Å². The van der Waals surface area contributed by atoms with Crippen LogP contribution in [0.15, 0.2) is 48.7 Å². The Morgan fingerprint density at radius 2 is 1.89 bits per heavy atom. The van der Waals surface area contributed by atoms with E-state index in [4.69, 9.17) is 4.74 Å². The molecule has 1 aromatic carbocycles. The Balaban J connectivity index is 2.07. The second-order valence-electron chi connectivity index (χ2n) is 4.53. The SMILES string of the molecule is CNC(Cc1ccccn1)Cc1ccccc1OC. The predicted octanol–water partition coefficient (Wildman–Crippen LogP) is 2.46. The zero-order valence-electron chi connectivity index (χ0n) is 11.5. The molecule has 1 atom stereocenters. The molecule has 3 nitrogen and oxygen atoms in total. The molecule has 1 N–H and O–H groups in total. The molecular formula is C16H20N2O. The smallest absolute Gasteiger partial charge is 0.122 e. The number of likely N-dealkylation sites (N-methyl/N-ethyl adjacent to an activating group) is 1. The van der Waals surface area contributed by atoms with E-state index in [9.17, 15) is 0 Å². The summed E-state index contributed by atoms with van der Waals surface area (Å²) in [5.41, 5.74) is 2.33. The maximum atomic E-state index is 5.40. The minimum atomic E-state index is 0.353. The third kappa shape index (κ3) is 3.80. The fourth-order valence-electron chi connectivity index (χ4n) is 2.18. The standard InChI is InChI=1S/C16H20N2O/c1-17-15(12-14-8-5-6-10-18-14)11-13-7-3-4-9-16(13)19-2/h3-10,15,17H,11-12H2,1-2H3. The van der Waals surface area contributed by atoms with Crippen LogP contribution in [0.4, 0.5) is 0 Å². The molecule has 1 heterocycles. The zero-order valence-corrected chi connectivity index (χ0v) is 11.5. The van der Waals surface area contributed by atoms with Gasteiger partial charge in [-0.1, -0.05) is 24.3 Å². The summed E-state index contributed by atoms with van der Waals surface area (Å²) in [6.07, 6.45) is 3.68. The van der Waals surface area contributed by atoms with Gasteiger partial charge < -0.3 is 10.1 Å². The van der Waals surface area contributed by atoms with Gasteiger partial charge in [-0.2, -0.15) is 0 Å². The van der Waals surface area contributed by atoms with E-state index in [-0.39, 0.29) is 0 Å². The van der Waals surface area contributed by atoms with Gasteiger partial charge in [-0.15, -0.1) is 0 Å². The molecule has 0 fully saturated rings. The van der Waals surface area contributed by atoms with Gasteiger partial charge in [-0.3, -0.25) is 4.98 Å². The van der Waals surface area contributed by atoms with Crippen LogP contribution in [0.5, 0.6) is 5.75 Å². The van der Waals surface area contributed by atoms with Gasteiger partial charge in [0.15, 0.2) is 0 Å². The van der Waals surface area contributed by atoms with Crippen molar-refractivity contribution >= 4 is 0 Å². The van der Waals surface area contributed by atoms with E-state index in [0.717, 1.165) is 24.3 Å². The monoisotopic (exact) mass is 256 g/mol. The molecule has 1 unspecified atom stereocenters. The third-order valence-corrected chi connectivity index (χ3v) is 3.25. The predicted molar refractivity (Wildman–Crippen MR) is 77.5 cm³/mol.